The SMILES string of the molecule is O=C(Nc1cccn(C2CCC(F)(F)CC2)c1=O)c1ccc(S(=O)(=O)CCO)cc1N1CCC2(CC1)CC2. The van der Waals surface area contributed by atoms with E-state index in [0.29, 0.717) is 24.2 Å². The molecule has 0 radical (unpaired) electrons. The molecule has 1 aromatic carbocycles. The average Bonchev–Trinajstić information content (AvgIpc) is 3.64. The summed E-state index contributed by atoms with van der Waals surface area (Å²) in [7, 11) is -3.73. The number of anilines is 2. The van der Waals surface area contributed by atoms with Crippen molar-refractivity contribution in [3.8, 4) is 0 Å². The second kappa shape index (κ2) is 10.1. The van der Waals surface area contributed by atoms with E-state index < -0.39 is 39.6 Å². The minimum Gasteiger partial charge on any atom is -0.395 e. The fraction of sp³-hybridized carbons (Fsp3) is 0.556. The van der Waals surface area contributed by atoms with Crippen molar-refractivity contribution in [3.63, 3.8) is 0 Å². The van der Waals surface area contributed by atoms with Crippen molar-refractivity contribution >= 4 is 27.1 Å². The highest BCUT2D eigenvalue weighted by Crippen LogP contribution is 2.54. The van der Waals surface area contributed by atoms with E-state index in [2.05, 4.69) is 5.32 Å². The van der Waals surface area contributed by atoms with Crippen LogP contribution in [0.4, 0.5) is 20.2 Å². The summed E-state index contributed by atoms with van der Waals surface area (Å²) < 4.78 is 54.0. The van der Waals surface area contributed by atoms with Gasteiger partial charge in [-0.25, -0.2) is 17.2 Å². The fourth-order valence-electron chi connectivity index (χ4n) is 5.68. The summed E-state index contributed by atoms with van der Waals surface area (Å²) >= 11 is 0. The van der Waals surface area contributed by atoms with Crippen molar-refractivity contribution in [1.82, 2.24) is 4.57 Å². The zero-order valence-electron chi connectivity index (χ0n) is 21.2. The summed E-state index contributed by atoms with van der Waals surface area (Å²) in [5.41, 5.74) is 0.661. The summed E-state index contributed by atoms with van der Waals surface area (Å²) in [6, 6.07) is 6.99. The van der Waals surface area contributed by atoms with Gasteiger partial charge < -0.3 is 19.9 Å². The number of nitrogens with zero attached hydrogens (tertiary/aromatic N) is 2. The summed E-state index contributed by atoms with van der Waals surface area (Å²) in [6.45, 7) is 0.869. The molecule has 8 nitrogen and oxygen atoms in total. The number of halogens is 2. The van der Waals surface area contributed by atoms with Gasteiger partial charge in [-0.15, -0.1) is 0 Å². The molecule has 3 aliphatic rings. The number of nitrogens with one attached hydrogen (secondary N) is 1. The Morgan fingerprint density at radius 1 is 1.05 bits per heavy atom. The Bertz CT molecular complexity index is 1370. The number of sulfone groups is 1. The largest absolute Gasteiger partial charge is 0.395 e. The summed E-state index contributed by atoms with van der Waals surface area (Å²) in [6.07, 6.45) is 5.65. The standard InChI is InChI=1S/C27H33F2N3O5S/c28-27(29)7-5-19(6-8-27)32-13-1-2-22(25(32)35)30-24(34)21-4-3-20(38(36,37)17-16-33)18-23(21)31-14-11-26(9-10-26)12-15-31/h1-4,13,18-19,33H,5-12,14-17H2,(H,30,34). The molecule has 1 amide bonds. The molecule has 38 heavy (non-hydrogen) atoms. The van der Waals surface area contributed by atoms with Crippen LogP contribution in [0.5, 0.6) is 0 Å². The van der Waals surface area contributed by atoms with Gasteiger partial charge in [0.1, 0.15) is 5.69 Å². The predicted molar refractivity (Wildman–Crippen MR) is 140 cm³/mol. The zero-order valence-corrected chi connectivity index (χ0v) is 22.0. The van der Waals surface area contributed by atoms with E-state index in [-0.39, 0.29) is 47.9 Å². The number of benzene rings is 1. The number of piperidine rings is 1. The first-order valence-electron chi connectivity index (χ1n) is 13.2. The monoisotopic (exact) mass is 549 g/mol. The molecule has 1 saturated heterocycles. The Labute approximate surface area is 220 Å². The molecular formula is C27H33F2N3O5S. The van der Waals surface area contributed by atoms with Crippen molar-refractivity contribution in [3.05, 3.63) is 52.4 Å². The fourth-order valence-corrected chi connectivity index (χ4v) is 6.72. The number of hydrogen-bond acceptors (Lipinski definition) is 6. The highest BCUT2D eigenvalue weighted by molar-refractivity contribution is 7.91. The van der Waals surface area contributed by atoms with E-state index in [1.54, 1.807) is 12.3 Å². The molecule has 0 bridgehead atoms. The van der Waals surface area contributed by atoms with E-state index in [0.717, 1.165) is 12.8 Å². The van der Waals surface area contributed by atoms with Crippen LogP contribution in [0.15, 0.2) is 46.2 Å². The smallest absolute Gasteiger partial charge is 0.274 e. The van der Waals surface area contributed by atoms with Crippen LogP contribution >= 0.6 is 0 Å². The van der Waals surface area contributed by atoms with E-state index >= 15 is 0 Å². The average molecular weight is 550 g/mol. The Morgan fingerprint density at radius 2 is 1.74 bits per heavy atom. The highest BCUT2D eigenvalue weighted by Gasteiger charge is 2.44. The number of aliphatic hydroxyl groups excluding tert-OH is 1. The van der Waals surface area contributed by atoms with Crippen molar-refractivity contribution in [1.29, 1.82) is 0 Å². The lowest BCUT2D eigenvalue weighted by Crippen LogP contribution is -2.36. The van der Waals surface area contributed by atoms with Gasteiger partial charge >= 0.3 is 0 Å². The van der Waals surface area contributed by atoms with Gasteiger partial charge in [0.05, 0.1) is 28.5 Å². The molecular weight excluding hydrogens is 516 g/mol. The predicted octanol–water partition coefficient (Wildman–Crippen LogP) is 4.00. The second-order valence-electron chi connectivity index (χ2n) is 10.9. The number of alkyl halides is 2. The molecule has 2 N–H and O–H groups in total. The number of amides is 1. The van der Waals surface area contributed by atoms with Crippen LogP contribution in [0, 0.1) is 5.41 Å². The number of pyridine rings is 1. The first kappa shape index (κ1) is 26.8. The molecule has 5 rings (SSSR count). The lowest BCUT2D eigenvalue weighted by atomic mass is 9.92. The molecule has 2 aliphatic carbocycles. The van der Waals surface area contributed by atoms with Crippen LogP contribution in [0.3, 0.4) is 0 Å². The van der Waals surface area contributed by atoms with Crippen LogP contribution in [-0.2, 0) is 9.84 Å². The van der Waals surface area contributed by atoms with Gasteiger partial charge in [-0.2, -0.15) is 0 Å². The van der Waals surface area contributed by atoms with Crippen molar-refractivity contribution in [2.24, 2.45) is 5.41 Å². The maximum absolute atomic E-state index is 13.6. The van der Waals surface area contributed by atoms with Crippen LogP contribution in [0.2, 0.25) is 0 Å². The molecule has 2 heterocycles. The van der Waals surface area contributed by atoms with Gasteiger partial charge in [0.2, 0.25) is 5.92 Å². The Morgan fingerprint density at radius 3 is 2.37 bits per heavy atom. The van der Waals surface area contributed by atoms with E-state index in [4.69, 9.17) is 0 Å². The normalized spacial score (nSPS) is 20.9. The number of rotatable bonds is 7. The van der Waals surface area contributed by atoms with Gasteiger partial charge in [0.15, 0.2) is 9.84 Å². The third kappa shape index (κ3) is 5.49. The van der Waals surface area contributed by atoms with Crippen LogP contribution in [-0.4, -0.2) is 55.4 Å². The lowest BCUT2D eigenvalue weighted by Gasteiger charge is -2.35. The minimum atomic E-state index is -3.73. The molecule has 2 saturated carbocycles. The van der Waals surface area contributed by atoms with Gasteiger partial charge in [0, 0.05) is 38.2 Å². The lowest BCUT2D eigenvalue weighted by molar-refractivity contribution is -0.0442. The van der Waals surface area contributed by atoms with Gasteiger partial charge in [-0.1, -0.05) is 0 Å². The molecule has 206 valence electrons. The van der Waals surface area contributed by atoms with Gasteiger partial charge in [-0.3, -0.25) is 9.59 Å². The first-order valence-corrected chi connectivity index (χ1v) is 14.8. The van der Waals surface area contributed by atoms with Crippen molar-refractivity contribution in [2.45, 2.75) is 68.2 Å². The van der Waals surface area contributed by atoms with Gasteiger partial charge in [0.25, 0.3) is 11.5 Å². The maximum Gasteiger partial charge on any atom is 0.274 e. The maximum atomic E-state index is 13.6. The Hall–Kier alpha value is -2.79. The Balaban J connectivity index is 1.42. The molecule has 0 unspecified atom stereocenters. The number of aromatic nitrogens is 1. The van der Waals surface area contributed by atoms with Crippen LogP contribution in [0.25, 0.3) is 0 Å². The molecule has 11 heteroatoms. The highest BCUT2D eigenvalue weighted by atomic mass is 32.2. The molecule has 2 aromatic rings. The molecule has 1 aromatic heterocycles. The molecule has 1 spiro atoms. The summed E-state index contributed by atoms with van der Waals surface area (Å²) in [4.78, 5) is 28.7. The topological polar surface area (TPSA) is 109 Å². The van der Waals surface area contributed by atoms with E-state index in [1.165, 1.54) is 41.7 Å². The number of carbonyl (C=O) groups excluding carboxylic acids is 1. The third-order valence-corrected chi connectivity index (χ3v) is 10.0. The molecule has 1 aliphatic heterocycles. The van der Waals surface area contributed by atoms with Crippen molar-refractivity contribution < 1.29 is 27.1 Å². The first-order chi connectivity index (χ1) is 18.0. The quantitative estimate of drug-likeness (QED) is 0.541. The number of carbonyl (C=O) groups is 1. The number of hydrogen-bond donors (Lipinski definition) is 2. The summed E-state index contributed by atoms with van der Waals surface area (Å²) in [5, 5.41) is 11.9. The van der Waals surface area contributed by atoms with Gasteiger partial charge in [-0.05, 0) is 74.3 Å². The van der Waals surface area contributed by atoms with E-state index in [9.17, 15) is 31.9 Å². The van der Waals surface area contributed by atoms with E-state index in [1.807, 2.05) is 4.90 Å². The Kier molecular flexibility index (Phi) is 7.10. The van der Waals surface area contributed by atoms with Crippen LogP contribution in [0.1, 0.15) is 67.8 Å². The number of aliphatic hydroxyl groups is 1. The molecule has 0 atom stereocenters. The van der Waals surface area contributed by atoms with Crippen molar-refractivity contribution in [2.75, 3.05) is 35.7 Å². The van der Waals surface area contributed by atoms with Crippen LogP contribution < -0.4 is 15.8 Å². The summed E-state index contributed by atoms with van der Waals surface area (Å²) in [5.74, 6) is -3.69. The minimum absolute atomic E-state index is 0.0287. The zero-order chi connectivity index (χ0) is 27.1. The third-order valence-electron chi connectivity index (χ3n) is 8.36. The second-order valence-corrected chi connectivity index (χ2v) is 13.0. The molecule has 3 fully saturated rings.